The highest BCUT2D eigenvalue weighted by Gasteiger charge is 2.04. The Kier molecular flexibility index (Phi) is 7.04. The number of hydrogen-bond donors (Lipinski definition) is 2. The van der Waals surface area contributed by atoms with Gasteiger partial charge in [0.1, 0.15) is 6.61 Å². The predicted molar refractivity (Wildman–Crippen MR) is 73.1 cm³/mol. The van der Waals surface area contributed by atoms with Crippen LogP contribution in [0.4, 0.5) is 0 Å². The third-order valence-corrected chi connectivity index (χ3v) is 2.26. The zero-order valence-corrected chi connectivity index (χ0v) is 11.0. The molecule has 1 aromatic carbocycles. The molecule has 1 rings (SSSR count). The van der Waals surface area contributed by atoms with Crippen molar-refractivity contribution < 1.29 is 14.3 Å². The van der Waals surface area contributed by atoms with Crippen molar-refractivity contribution in [1.29, 1.82) is 0 Å². The number of ether oxygens (including phenoxy) is 2. The zero-order valence-electron chi connectivity index (χ0n) is 11.0. The second-order valence-corrected chi connectivity index (χ2v) is 3.65. The van der Waals surface area contributed by atoms with Crippen LogP contribution in [0.3, 0.4) is 0 Å². The van der Waals surface area contributed by atoms with Crippen LogP contribution in [0.15, 0.2) is 35.3 Å². The largest absolute Gasteiger partial charge is 0.460 e. The number of nitrogens with one attached hydrogen (secondary N) is 1. The summed E-state index contributed by atoms with van der Waals surface area (Å²) in [4.78, 5) is 15.3. The van der Waals surface area contributed by atoms with Crippen LogP contribution in [0, 0.1) is 0 Å². The van der Waals surface area contributed by atoms with Crippen LogP contribution < -0.4 is 11.1 Å². The lowest BCUT2D eigenvalue weighted by Crippen LogP contribution is -2.34. The molecule has 0 spiro atoms. The van der Waals surface area contributed by atoms with E-state index in [1.807, 2.05) is 6.07 Å². The van der Waals surface area contributed by atoms with E-state index in [0.717, 1.165) is 0 Å². The van der Waals surface area contributed by atoms with Gasteiger partial charge in [-0.1, -0.05) is 18.2 Å². The van der Waals surface area contributed by atoms with E-state index in [0.29, 0.717) is 31.3 Å². The van der Waals surface area contributed by atoms with Crippen molar-refractivity contribution in [2.45, 2.75) is 0 Å². The molecule has 0 aliphatic rings. The van der Waals surface area contributed by atoms with Crippen molar-refractivity contribution in [2.75, 3.05) is 33.4 Å². The van der Waals surface area contributed by atoms with Crippen LogP contribution in [-0.4, -0.2) is 45.3 Å². The number of nitrogens with zero attached hydrogens (tertiary/aromatic N) is 1. The normalized spacial score (nSPS) is 11.1. The molecule has 3 N–H and O–H groups in total. The van der Waals surface area contributed by atoms with E-state index in [9.17, 15) is 4.79 Å². The van der Waals surface area contributed by atoms with Crippen LogP contribution in [-0.2, 0) is 9.47 Å². The van der Waals surface area contributed by atoms with Crippen molar-refractivity contribution in [3.05, 3.63) is 35.9 Å². The Balaban J connectivity index is 2.04. The first-order valence-electron chi connectivity index (χ1n) is 6.00. The number of hydrogen-bond acceptors (Lipinski definition) is 4. The van der Waals surface area contributed by atoms with Gasteiger partial charge in [-0.25, -0.2) is 4.79 Å². The van der Waals surface area contributed by atoms with Crippen molar-refractivity contribution in [3.8, 4) is 0 Å². The lowest BCUT2D eigenvalue weighted by molar-refractivity contribution is 0.0325. The van der Waals surface area contributed by atoms with Crippen molar-refractivity contribution in [1.82, 2.24) is 5.32 Å². The van der Waals surface area contributed by atoms with E-state index in [2.05, 4.69) is 10.3 Å². The van der Waals surface area contributed by atoms with Crippen LogP contribution in [0.25, 0.3) is 0 Å². The standard InChI is InChI=1S/C13H19N3O3/c1-15-13(14)16-7-8-18-9-10-19-12(17)11-5-3-2-4-6-11/h2-6H,7-10H2,1H3,(H3,14,15,16). The highest BCUT2D eigenvalue weighted by Crippen LogP contribution is 2.00. The number of guanidine groups is 1. The quantitative estimate of drug-likeness (QED) is 0.322. The number of rotatable bonds is 7. The molecular formula is C13H19N3O3. The summed E-state index contributed by atoms with van der Waals surface area (Å²) in [6.45, 7) is 1.61. The summed E-state index contributed by atoms with van der Waals surface area (Å²) < 4.78 is 10.3. The molecule has 0 saturated heterocycles. The summed E-state index contributed by atoms with van der Waals surface area (Å²) in [6.07, 6.45) is 0. The Morgan fingerprint density at radius 1 is 1.26 bits per heavy atom. The maximum atomic E-state index is 11.5. The fourth-order valence-electron chi connectivity index (χ4n) is 1.28. The van der Waals surface area contributed by atoms with Gasteiger partial charge in [-0.05, 0) is 12.1 Å². The lowest BCUT2D eigenvalue weighted by Gasteiger charge is -2.07. The van der Waals surface area contributed by atoms with E-state index in [4.69, 9.17) is 15.2 Å². The Morgan fingerprint density at radius 3 is 2.68 bits per heavy atom. The van der Waals surface area contributed by atoms with Gasteiger partial charge in [-0.2, -0.15) is 0 Å². The number of esters is 1. The monoisotopic (exact) mass is 265 g/mol. The minimum atomic E-state index is -0.343. The zero-order chi connectivity index (χ0) is 13.9. The number of aliphatic imine (C=N–C) groups is 1. The molecule has 0 fully saturated rings. The Bertz CT molecular complexity index is 407. The fourth-order valence-corrected chi connectivity index (χ4v) is 1.28. The molecule has 104 valence electrons. The summed E-state index contributed by atoms with van der Waals surface area (Å²) in [6, 6.07) is 8.84. The second kappa shape index (κ2) is 8.93. The first-order valence-corrected chi connectivity index (χ1v) is 6.00. The molecule has 0 aliphatic carbocycles. The topological polar surface area (TPSA) is 85.9 Å². The van der Waals surface area contributed by atoms with Gasteiger partial charge in [0.05, 0.1) is 18.8 Å². The molecule has 0 aromatic heterocycles. The Morgan fingerprint density at radius 2 is 2.00 bits per heavy atom. The molecule has 6 heteroatoms. The molecule has 1 aromatic rings. The number of nitrogens with two attached hydrogens (primary N) is 1. The van der Waals surface area contributed by atoms with Crippen molar-refractivity contribution in [2.24, 2.45) is 10.7 Å². The predicted octanol–water partition coefficient (Wildman–Crippen LogP) is 0.394. The summed E-state index contributed by atoms with van der Waals surface area (Å²) >= 11 is 0. The smallest absolute Gasteiger partial charge is 0.338 e. The fraction of sp³-hybridized carbons (Fsp3) is 0.385. The SMILES string of the molecule is CN=C(N)NCCOCCOC(=O)c1ccccc1. The molecule has 6 nitrogen and oxygen atoms in total. The summed E-state index contributed by atoms with van der Waals surface area (Å²) in [5.41, 5.74) is 5.97. The average Bonchev–Trinajstić information content (AvgIpc) is 2.46. The molecule has 0 saturated carbocycles. The van der Waals surface area contributed by atoms with Crippen LogP contribution in [0.1, 0.15) is 10.4 Å². The van der Waals surface area contributed by atoms with Crippen LogP contribution in [0.5, 0.6) is 0 Å². The Hall–Kier alpha value is -2.08. The number of carbonyl (C=O) groups is 1. The molecule has 0 aliphatic heterocycles. The molecule has 0 unspecified atom stereocenters. The third-order valence-electron chi connectivity index (χ3n) is 2.26. The lowest BCUT2D eigenvalue weighted by atomic mass is 10.2. The maximum absolute atomic E-state index is 11.5. The minimum absolute atomic E-state index is 0.227. The highest BCUT2D eigenvalue weighted by atomic mass is 16.6. The van der Waals surface area contributed by atoms with E-state index in [1.165, 1.54) is 0 Å². The first-order chi connectivity index (χ1) is 9.24. The summed E-state index contributed by atoms with van der Waals surface area (Å²) in [7, 11) is 1.60. The van der Waals surface area contributed by atoms with Gasteiger partial charge in [0.25, 0.3) is 0 Å². The molecule has 0 bridgehead atoms. The van der Waals surface area contributed by atoms with Crippen LogP contribution >= 0.6 is 0 Å². The van der Waals surface area contributed by atoms with E-state index >= 15 is 0 Å². The molecule has 0 atom stereocenters. The van der Waals surface area contributed by atoms with Gasteiger partial charge in [-0.15, -0.1) is 0 Å². The minimum Gasteiger partial charge on any atom is -0.460 e. The average molecular weight is 265 g/mol. The number of benzene rings is 1. The van der Waals surface area contributed by atoms with E-state index in [-0.39, 0.29) is 12.6 Å². The summed E-state index contributed by atoms with van der Waals surface area (Å²) in [5.74, 6) is 0.0313. The third kappa shape index (κ3) is 6.42. The van der Waals surface area contributed by atoms with Crippen LogP contribution in [0.2, 0.25) is 0 Å². The molecule has 0 heterocycles. The van der Waals surface area contributed by atoms with Gasteiger partial charge in [0, 0.05) is 13.6 Å². The Labute approximate surface area is 112 Å². The van der Waals surface area contributed by atoms with E-state index < -0.39 is 0 Å². The van der Waals surface area contributed by atoms with E-state index in [1.54, 1.807) is 31.3 Å². The molecule has 0 amide bonds. The second-order valence-electron chi connectivity index (χ2n) is 3.65. The van der Waals surface area contributed by atoms with Gasteiger partial charge in [-0.3, -0.25) is 4.99 Å². The first kappa shape index (κ1) is 15.0. The van der Waals surface area contributed by atoms with Crippen molar-refractivity contribution >= 4 is 11.9 Å². The van der Waals surface area contributed by atoms with Gasteiger partial charge < -0.3 is 20.5 Å². The summed E-state index contributed by atoms with van der Waals surface area (Å²) in [5, 5.41) is 2.85. The molecular weight excluding hydrogens is 246 g/mol. The number of carbonyl (C=O) groups excluding carboxylic acids is 1. The molecule has 0 radical (unpaired) electrons. The van der Waals surface area contributed by atoms with Crippen molar-refractivity contribution in [3.63, 3.8) is 0 Å². The highest BCUT2D eigenvalue weighted by molar-refractivity contribution is 5.89. The molecule has 19 heavy (non-hydrogen) atoms. The van der Waals surface area contributed by atoms with Gasteiger partial charge in [0.2, 0.25) is 0 Å². The maximum Gasteiger partial charge on any atom is 0.338 e. The van der Waals surface area contributed by atoms with Gasteiger partial charge in [0.15, 0.2) is 5.96 Å². The van der Waals surface area contributed by atoms with Gasteiger partial charge >= 0.3 is 5.97 Å².